The number of imide groups is 2. The molecule has 1 heterocycles. The molecule has 3 aromatic carbocycles. The molecule has 0 radical (unpaired) electrons. The molecule has 190 valence electrons. The summed E-state index contributed by atoms with van der Waals surface area (Å²) < 4.78 is 5.47. The molecule has 15 heteroatoms. The van der Waals surface area contributed by atoms with Crippen LogP contribution in [0.15, 0.2) is 72.3 Å². The highest BCUT2D eigenvalue weighted by atomic mass is 16.6. The van der Waals surface area contributed by atoms with E-state index in [1.165, 1.54) is 48.5 Å². The number of nitro benzene ring substituents is 3. The van der Waals surface area contributed by atoms with Gasteiger partial charge in [-0.15, -0.1) is 0 Å². The van der Waals surface area contributed by atoms with E-state index in [-0.39, 0.29) is 22.9 Å². The van der Waals surface area contributed by atoms with Crippen LogP contribution >= 0.6 is 0 Å². The van der Waals surface area contributed by atoms with E-state index in [1.54, 1.807) is 0 Å². The third kappa shape index (κ3) is 5.01. The third-order valence-corrected chi connectivity index (χ3v) is 5.17. The van der Waals surface area contributed by atoms with Gasteiger partial charge in [-0.2, -0.15) is 0 Å². The van der Waals surface area contributed by atoms with Gasteiger partial charge in [0.15, 0.2) is 0 Å². The van der Waals surface area contributed by atoms with E-state index in [0.29, 0.717) is 10.5 Å². The molecule has 0 bridgehead atoms. The van der Waals surface area contributed by atoms with Crippen molar-refractivity contribution >= 4 is 46.7 Å². The molecule has 1 saturated heterocycles. The number of carbonyl (C=O) groups excluding carboxylic acids is 3. The lowest BCUT2D eigenvalue weighted by atomic mass is 10.1. The van der Waals surface area contributed by atoms with Crippen molar-refractivity contribution in [1.82, 2.24) is 5.32 Å². The van der Waals surface area contributed by atoms with Gasteiger partial charge in [-0.05, 0) is 35.9 Å². The maximum Gasteiger partial charge on any atom is 0.335 e. The summed E-state index contributed by atoms with van der Waals surface area (Å²) in [5.74, 6) is -2.14. The summed E-state index contributed by atoms with van der Waals surface area (Å²) in [4.78, 5) is 69.2. The van der Waals surface area contributed by atoms with Crippen molar-refractivity contribution in [3.8, 4) is 11.5 Å². The number of nitro groups is 3. The molecule has 1 N–H and O–H groups in total. The van der Waals surface area contributed by atoms with Gasteiger partial charge < -0.3 is 4.74 Å². The second kappa shape index (κ2) is 9.94. The molecule has 3 aromatic rings. The zero-order valence-electron chi connectivity index (χ0n) is 18.8. The fraction of sp³-hybridized carbons (Fsp3) is 0. The van der Waals surface area contributed by atoms with Gasteiger partial charge in [0.25, 0.3) is 23.2 Å². The monoisotopic (exact) mass is 519 g/mol. The van der Waals surface area contributed by atoms with Crippen molar-refractivity contribution in [2.45, 2.75) is 0 Å². The molecule has 0 spiro atoms. The average Bonchev–Trinajstić information content (AvgIpc) is 2.87. The highest BCUT2D eigenvalue weighted by molar-refractivity contribution is 6.39. The van der Waals surface area contributed by atoms with Crippen LogP contribution < -0.4 is 15.0 Å². The largest absolute Gasteiger partial charge is 0.450 e. The van der Waals surface area contributed by atoms with E-state index in [4.69, 9.17) is 4.74 Å². The Labute approximate surface area is 211 Å². The molecule has 1 aliphatic heterocycles. The van der Waals surface area contributed by atoms with E-state index < -0.39 is 49.6 Å². The van der Waals surface area contributed by atoms with Crippen LogP contribution in [-0.4, -0.2) is 32.6 Å². The summed E-state index contributed by atoms with van der Waals surface area (Å²) in [6.45, 7) is 0. The van der Waals surface area contributed by atoms with Gasteiger partial charge in [0, 0.05) is 18.2 Å². The highest BCUT2D eigenvalue weighted by Crippen LogP contribution is 2.34. The van der Waals surface area contributed by atoms with Crippen LogP contribution in [0.25, 0.3) is 6.08 Å². The van der Waals surface area contributed by atoms with Crippen LogP contribution in [0.1, 0.15) is 5.56 Å². The summed E-state index contributed by atoms with van der Waals surface area (Å²) in [6, 6.07) is 12.1. The van der Waals surface area contributed by atoms with E-state index in [2.05, 4.69) is 0 Å². The number of barbiturate groups is 1. The van der Waals surface area contributed by atoms with Crippen LogP contribution in [0.3, 0.4) is 0 Å². The Bertz CT molecular complexity index is 1570. The number of rotatable bonds is 7. The number of carbonyl (C=O) groups is 3. The summed E-state index contributed by atoms with van der Waals surface area (Å²) in [5.41, 5.74) is -1.72. The van der Waals surface area contributed by atoms with E-state index in [1.807, 2.05) is 5.32 Å². The molecule has 0 saturated carbocycles. The normalized spacial score (nSPS) is 14.3. The number of nitrogens with one attached hydrogen (secondary N) is 1. The standard InChI is InChI=1S/C23H13N5O10/c29-21-18(22(30)25(23(31)24-21)14-2-1-3-15(11-14)26(32)33)10-13-4-7-17(8-5-13)38-20-9-6-16(27(34)35)12-19(20)28(36)37/h1-12H,(H,24,29,31)/b18-10+. The molecular formula is C23H13N5O10. The molecule has 38 heavy (non-hydrogen) atoms. The molecule has 1 fully saturated rings. The highest BCUT2D eigenvalue weighted by Gasteiger charge is 2.37. The van der Waals surface area contributed by atoms with E-state index in [9.17, 15) is 44.7 Å². The number of hydrogen-bond donors (Lipinski definition) is 1. The number of amides is 4. The number of anilines is 1. The fourth-order valence-corrected chi connectivity index (χ4v) is 3.41. The number of urea groups is 1. The van der Waals surface area contributed by atoms with Crippen molar-refractivity contribution in [3.63, 3.8) is 0 Å². The molecule has 4 rings (SSSR count). The van der Waals surface area contributed by atoms with E-state index >= 15 is 0 Å². The lowest BCUT2D eigenvalue weighted by Gasteiger charge is -2.26. The van der Waals surface area contributed by atoms with Crippen molar-refractivity contribution in [2.75, 3.05) is 4.90 Å². The summed E-state index contributed by atoms with van der Waals surface area (Å²) in [7, 11) is 0. The Kier molecular flexibility index (Phi) is 6.57. The van der Waals surface area contributed by atoms with Crippen LogP contribution in [-0.2, 0) is 9.59 Å². The smallest absolute Gasteiger partial charge is 0.335 e. The van der Waals surface area contributed by atoms with E-state index in [0.717, 1.165) is 24.3 Å². The maximum absolute atomic E-state index is 13.0. The van der Waals surface area contributed by atoms with Crippen LogP contribution in [0, 0.1) is 30.3 Å². The average molecular weight is 519 g/mol. The van der Waals surface area contributed by atoms with Crippen molar-refractivity contribution < 1.29 is 33.9 Å². The van der Waals surface area contributed by atoms with Gasteiger partial charge in [-0.3, -0.25) is 45.2 Å². The first kappa shape index (κ1) is 25.1. The van der Waals surface area contributed by atoms with Gasteiger partial charge in [0.05, 0.1) is 26.5 Å². The molecule has 1 aliphatic rings. The second-order valence-electron chi connectivity index (χ2n) is 7.57. The van der Waals surface area contributed by atoms with Gasteiger partial charge in [-0.1, -0.05) is 18.2 Å². The minimum Gasteiger partial charge on any atom is -0.450 e. The molecular weight excluding hydrogens is 506 g/mol. The van der Waals surface area contributed by atoms with Crippen LogP contribution in [0.2, 0.25) is 0 Å². The summed E-state index contributed by atoms with van der Waals surface area (Å²) in [5, 5.41) is 35.2. The molecule has 0 aliphatic carbocycles. The lowest BCUT2D eigenvalue weighted by Crippen LogP contribution is -2.54. The zero-order valence-corrected chi connectivity index (χ0v) is 18.8. The maximum atomic E-state index is 13.0. The number of hydrogen-bond acceptors (Lipinski definition) is 10. The lowest BCUT2D eigenvalue weighted by molar-refractivity contribution is -0.394. The van der Waals surface area contributed by atoms with Crippen molar-refractivity contribution in [1.29, 1.82) is 0 Å². The minimum absolute atomic E-state index is 0.108. The third-order valence-electron chi connectivity index (χ3n) is 5.17. The molecule has 0 unspecified atom stereocenters. The summed E-state index contributed by atoms with van der Waals surface area (Å²) in [6.07, 6.45) is 1.17. The Morgan fingerprint density at radius 2 is 1.45 bits per heavy atom. The zero-order chi connectivity index (χ0) is 27.6. The predicted octanol–water partition coefficient (Wildman–Crippen LogP) is 3.87. The topological polar surface area (TPSA) is 205 Å². The first-order valence-corrected chi connectivity index (χ1v) is 10.4. The minimum atomic E-state index is -1.08. The van der Waals surface area contributed by atoms with Crippen LogP contribution in [0.5, 0.6) is 11.5 Å². The Morgan fingerprint density at radius 1 is 0.789 bits per heavy atom. The Balaban J connectivity index is 1.60. The first-order chi connectivity index (χ1) is 18.0. The molecule has 0 aromatic heterocycles. The molecule has 4 amide bonds. The number of benzene rings is 3. The molecule has 0 atom stereocenters. The second-order valence-corrected chi connectivity index (χ2v) is 7.57. The predicted molar refractivity (Wildman–Crippen MR) is 128 cm³/mol. The van der Waals surface area contributed by atoms with Crippen molar-refractivity contribution in [3.05, 3.63) is 108 Å². The first-order valence-electron chi connectivity index (χ1n) is 10.4. The SMILES string of the molecule is O=C1NC(=O)N(c2cccc([N+](=O)[O-])c2)C(=O)/C1=C/c1ccc(Oc2ccc([N+](=O)[O-])cc2[N+](=O)[O-])cc1. The Morgan fingerprint density at radius 3 is 2.08 bits per heavy atom. The number of nitrogens with zero attached hydrogens (tertiary/aromatic N) is 4. The van der Waals surface area contributed by atoms with Gasteiger partial charge in [0.1, 0.15) is 11.3 Å². The number of ether oxygens (including phenoxy) is 1. The summed E-state index contributed by atoms with van der Waals surface area (Å²) >= 11 is 0. The van der Waals surface area contributed by atoms with Gasteiger partial charge in [-0.25, -0.2) is 9.69 Å². The number of non-ortho nitro benzene ring substituents is 2. The quantitative estimate of drug-likeness (QED) is 0.206. The fourth-order valence-electron chi connectivity index (χ4n) is 3.41. The van der Waals surface area contributed by atoms with Crippen LogP contribution in [0.4, 0.5) is 27.5 Å². The molecule has 15 nitrogen and oxygen atoms in total. The van der Waals surface area contributed by atoms with Gasteiger partial charge >= 0.3 is 11.7 Å². The Hall–Kier alpha value is -5.99. The van der Waals surface area contributed by atoms with Crippen molar-refractivity contribution in [2.24, 2.45) is 0 Å². The van der Waals surface area contributed by atoms with Gasteiger partial charge in [0.2, 0.25) is 5.75 Å².